The molecule has 0 N–H and O–H groups in total. The number of benzene rings is 2. The molecule has 36 heavy (non-hydrogen) atoms. The number of aryl methyl sites for hydroxylation is 1. The molecule has 1 amide bonds. The van der Waals surface area contributed by atoms with Gasteiger partial charge in [0, 0.05) is 30.2 Å². The molecule has 2 aliphatic rings. The maximum Gasteiger partial charge on any atom is 0.411 e. The van der Waals surface area contributed by atoms with Crippen molar-refractivity contribution < 1.29 is 22.7 Å². The van der Waals surface area contributed by atoms with Gasteiger partial charge in [0.25, 0.3) is 0 Å². The number of fused-ring (bicyclic) bond motifs is 2. The lowest BCUT2D eigenvalue weighted by Gasteiger charge is -2.42. The number of halogens is 3. The molecule has 2 fully saturated rings. The normalized spacial score (nSPS) is 21.4. The summed E-state index contributed by atoms with van der Waals surface area (Å²) in [5.41, 5.74) is 2.75. The number of ether oxygens (including phenoxy) is 1. The monoisotopic (exact) mass is 502 g/mol. The van der Waals surface area contributed by atoms with Crippen LogP contribution < -0.4 is 4.74 Å². The number of piperidine rings is 1. The van der Waals surface area contributed by atoms with Crippen molar-refractivity contribution in [3.63, 3.8) is 0 Å². The standard InChI is InChI=1S/C25H32N2O2.C4H5F3/c1-18-4-6-20(7-5-18)17-27(23-15-21-10-11-22(16-23)26(21)2)25(28)14-19-8-12-24(29-3)13-9-19;1-3(2)4(5,6)7/h4-9,12-13,21-23H,10-11,14-17H2,1-3H3;1H2,2H3. The number of alkyl halides is 3. The van der Waals surface area contributed by atoms with Gasteiger partial charge < -0.3 is 14.5 Å². The largest absolute Gasteiger partial charge is 0.497 e. The van der Waals surface area contributed by atoms with Gasteiger partial charge in [0.2, 0.25) is 5.91 Å². The molecule has 0 radical (unpaired) electrons. The maximum absolute atomic E-state index is 13.4. The molecule has 196 valence electrons. The first-order valence-corrected chi connectivity index (χ1v) is 12.4. The van der Waals surface area contributed by atoms with Gasteiger partial charge in [-0.1, -0.05) is 48.5 Å². The Hall–Kier alpha value is -2.80. The van der Waals surface area contributed by atoms with Crippen molar-refractivity contribution in [3.05, 3.63) is 77.4 Å². The lowest BCUT2D eigenvalue weighted by atomic mass is 9.95. The molecule has 0 aromatic heterocycles. The fourth-order valence-electron chi connectivity index (χ4n) is 4.97. The zero-order valence-corrected chi connectivity index (χ0v) is 21.6. The highest BCUT2D eigenvalue weighted by Crippen LogP contribution is 2.37. The minimum Gasteiger partial charge on any atom is -0.497 e. The molecular formula is C29H37F3N2O2. The SMILES string of the molecule is C=C(C)C(F)(F)F.COc1ccc(CC(=O)N(Cc2ccc(C)cc2)C2CC3CCC(C2)N3C)cc1. The van der Waals surface area contributed by atoms with Crippen molar-refractivity contribution in [3.8, 4) is 5.75 Å². The Morgan fingerprint density at radius 2 is 1.53 bits per heavy atom. The van der Waals surface area contributed by atoms with E-state index in [9.17, 15) is 18.0 Å². The van der Waals surface area contributed by atoms with E-state index in [1.54, 1.807) is 7.11 Å². The maximum atomic E-state index is 13.4. The predicted octanol–water partition coefficient (Wildman–Crippen LogP) is 6.32. The van der Waals surface area contributed by atoms with Gasteiger partial charge in [0.05, 0.1) is 13.5 Å². The lowest BCUT2D eigenvalue weighted by Crippen LogP contribution is -2.50. The van der Waals surface area contributed by atoms with Gasteiger partial charge in [0.15, 0.2) is 0 Å². The minimum absolute atomic E-state index is 0.227. The fraction of sp³-hybridized carbons (Fsp3) is 0.483. The molecular weight excluding hydrogens is 465 g/mol. The van der Waals surface area contributed by atoms with Crippen molar-refractivity contribution in [1.29, 1.82) is 0 Å². The fourth-order valence-corrected chi connectivity index (χ4v) is 4.97. The molecule has 4 nitrogen and oxygen atoms in total. The number of allylic oxidation sites excluding steroid dienone is 1. The van der Waals surface area contributed by atoms with Crippen LogP contribution in [-0.2, 0) is 17.8 Å². The Labute approximate surface area is 212 Å². The Kier molecular flexibility index (Phi) is 9.23. The number of hydrogen-bond donors (Lipinski definition) is 0. The molecule has 2 saturated heterocycles. The van der Waals surface area contributed by atoms with Gasteiger partial charge in [-0.15, -0.1) is 0 Å². The van der Waals surface area contributed by atoms with Crippen LogP contribution in [0.1, 0.15) is 49.3 Å². The van der Waals surface area contributed by atoms with Gasteiger partial charge in [0.1, 0.15) is 5.75 Å². The third-order valence-electron chi connectivity index (χ3n) is 7.31. The van der Waals surface area contributed by atoms with E-state index >= 15 is 0 Å². The minimum atomic E-state index is -4.19. The number of methoxy groups -OCH3 is 1. The molecule has 2 aromatic carbocycles. The van der Waals surface area contributed by atoms with Crippen LogP contribution in [-0.4, -0.2) is 54.2 Å². The second-order valence-corrected chi connectivity index (χ2v) is 9.99. The summed E-state index contributed by atoms with van der Waals surface area (Å²) in [4.78, 5) is 18.1. The van der Waals surface area contributed by atoms with Gasteiger partial charge in [-0.25, -0.2) is 0 Å². The number of carbonyl (C=O) groups excluding carboxylic acids is 1. The lowest BCUT2D eigenvalue weighted by molar-refractivity contribution is -0.135. The van der Waals surface area contributed by atoms with E-state index in [1.165, 1.54) is 24.0 Å². The molecule has 2 bridgehead atoms. The highest BCUT2D eigenvalue weighted by molar-refractivity contribution is 5.79. The number of rotatable bonds is 6. The van der Waals surface area contributed by atoms with Crippen LogP contribution in [0.2, 0.25) is 0 Å². The van der Waals surface area contributed by atoms with Crippen molar-refractivity contribution in [1.82, 2.24) is 9.80 Å². The molecule has 2 heterocycles. The summed E-state index contributed by atoms with van der Waals surface area (Å²) in [5.74, 6) is 1.05. The first-order chi connectivity index (χ1) is 17.0. The first kappa shape index (κ1) is 27.8. The molecule has 2 aliphatic heterocycles. The Morgan fingerprint density at radius 3 is 2.00 bits per heavy atom. The van der Waals surface area contributed by atoms with Gasteiger partial charge in [-0.05, 0) is 69.8 Å². The zero-order valence-electron chi connectivity index (χ0n) is 21.6. The third-order valence-corrected chi connectivity index (χ3v) is 7.31. The van der Waals surface area contributed by atoms with Crippen LogP contribution >= 0.6 is 0 Å². The van der Waals surface area contributed by atoms with E-state index in [-0.39, 0.29) is 5.91 Å². The summed E-state index contributed by atoms with van der Waals surface area (Å²) < 4.78 is 38.5. The Bertz CT molecular complexity index is 1000. The number of nitrogens with zero attached hydrogens (tertiary/aromatic N) is 2. The molecule has 2 aromatic rings. The van der Waals surface area contributed by atoms with E-state index in [1.807, 2.05) is 24.3 Å². The summed E-state index contributed by atoms with van der Waals surface area (Å²) in [6.07, 6.45) is 0.962. The highest BCUT2D eigenvalue weighted by Gasteiger charge is 2.41. The van der Waals surface area contributed by atoms with Crippen molar-refractivity contribution >= 4 is 5.91 Å². The Balaban J connectivity index is 0.000000454. The quantitative estimate of drug-likeness (QED) is 0.433. The molecule has 2 unspecified atom stereocenters. The second kappa shape index (κ2) is 12.0. The highest BCUT2D eigenvalue weighted by atomic mass is 19.4. The van der Waals surface area contributed by atoms with E-state index in [4.69, 9.17) is 4.74 Å². The molecule has 7 heteroatoms. The topological polar surface area (TPSA) is 32.8 Å². The van der Waals surface area contributed by atoms with Gasteiger partial charge >= 0.3 is 6.18 Å². The van der Waals surface area contributed by atoms with Crippen LogP contribution in [0, 0.1) is 6.92 Å². The van der Waals surface area contributed by atoms with Crippen molar-refractivity contribution in [2.24, 2.45) is 0 Å². The molecule has 0 spiro atoms. The van der Waals surface area contributed by atoms with Crippen molar-refractivity contribution in [2.45, 2.75) is 76.8 Å². The van der Waals surface area contributed by atoms with Crippen LogP contribution in [0.3, 0.4) is 0 Å². The van der Waals surface area contributed by atoms with Crippen LogP contribution in [0.15, 0.2) is 60.7 Å². The van der Waals surface area contributed by atoms with Crippen LogP contribution in [0.5, 0.6) is 5.75 Å². The first-order valence-electron chi connectivity index (χ1n) is 12.4. The third kappa shape index (κ3) is 7.36. The summed E-state index contributed by atoms with van der Waals surface area (Å²) in [7, 11) is 3.92. The van der Waals surface area contributed by atoms with Crippen LogP contribution in [0.4, 0.5) is 13.2 Å². The van der Waals surface area contributed by atoms with E-state index in [0.717, 1.165) is 31.1 Å². The zero-order chi connectivity index (χ0) is 26.5. The van der Waals surface area contributed by atoms with E-state index in [0.29, 0.717) is 31.1 Å². The number of hydrogen-bond acceptors (Lipinski definition) is 3. The van der Waals surface area contributed by atoms with Gasteiger partial charge in [-0.2, -0.15) is 13.2 Å². The molecule has 4 rings (SSSR count). The van der Waals surface area contributed by atoms with Gasteiger partial charge in [-0.3, -0.25) is 4.79 Å². The predicted molar refractivity (Wildman–Crippen MR) is 137 cm³/mol. The molecule has 2 atom stereocenters. The summed E-state index contributed by atoms with van der Waals surface area (Å²) in [5, 5.41) is 0. The number of carbonyl (C=O) groups is 1. The van der Waals surface area contributed by atoms with E-state index < -0.39 is 11.7 Å². The Morgan fingerprint density at radius 1 is 1.03 bits per heavy atom. The van der Waals surface area contributed by atoms with Crippen LogP contribution in [0.25, 0.3) is 0 Å². The second-order valence-electron chi connectivity index (χ2n) is 9.99. The summed E-state index contributed by atoms with van der Waals surface area (Å²) in [6, 6.07) is 18.0. The molecule has 0 saturated carbocycles. The number of amides is 1. The average molecular weight is 503 g/mol. The molecule has 0 aliphatic carbocycles. The smallest absolute Gasteiger partial charge is 0.411 e. The van der Waals surface area contributed by atoms with Crippen molar-refractivity contribution in [2.75, 3.05) is 14.2 Å². The summed E-state index contributed by atoms with van der Waals surface area (Å²) >= 11 is 0. The van der Waals surface area contributed by atoms with E-state index in [2.05, 4.69) is 54.6 Å². The average Bonchev–Trinajstić information content (AvgIpc) is 3.03. The summed E-state index contributed by atoms with van der Waals surface area (Å²) in [6.45, 7) is 6.43.